The summed E-state index contributed by atoms with van der Waals surface area (Å²) in [6, 6.07) is 9.35. The number of nitrogens with zero attached hydrogens (tertiary/aromatic N) is 2. The lowest BCUT2D eigenvalue weighted by Gasteiger charge is -2.08. The second-order valence-corrected chi connectivity index (χ2v) is 5.80. The molecule has 1 aromatic heterocycles. The van der Waals surface area contributed by atoms with Crippen LogP contribution in [0.25, 0.3) is 0 Å². The highest BCUT2D eigenvalue weighted by Crippen LogP contribution is 2.16. The maximum Gasteiger partial charge on any atom is 0.408 e. The summed E-state index contributed by atoms with van der Waals surface area (Å²) in [7, 11) is 0. The third-order valence-electron chi connectivity index (χ3n) is 3.42. The lowest BCUT2D eigenvalue weighted by molar-refractivity contribution is -0.142. The normalized spacial score (nSPS) is 11.2. The third kappa shape index (κ3) is 8.36. The molecular weight excluding hydrogens is 363 g/mol. The molecule has 0 bridgehead atoms. The summed E-state index contributed by atoms with van der Waals surface area (Å²) in [5.41, 5.74) is 1.47. The summed E-state index contributed by atoms with van der Waals surface area (Å²) < 4.78 is 37.5. The largest absolute Gasteiger partial charge is 0.408 e. The van der Waals surface area contributed by atoms with Crippen LogP contribution in [0.4, 0.5) is 13.2 Å². The second-order valence-electron chi connectivity index (χ2n) is 5.80. The van der Waals surface area contributed by atoms with Gasteiger partial charge < -0.3 is 16.0 Å². The molecule has 0 fully saturated rings. The summed E-state index contributed by atoms with van der Waals surface area (Å²) in [5.74, 6) is -0.715. The van der Waals surface area contributed by atoms with Crippen LogP contribution in [0.5, 0.6) is 0 Å². The molecule has 10 heteroatoms. The summed E-state index contributed by atoms with van der Waals surface area (Å²) in [5, 5.41) is 11.5. The van der Waals surface area contributed by atoms with E-state index >= 15 is 0 Å². The molecule has 0 atom stereocenters. The van der Waals surface area contributed by atoms with Crippen molar-refractivity contribution in [2.75, 3.05) is 13.1 Å². The van der Waals surface area contributed by atoms with Crippen LogP contribution in [0.3, 0.4) is 0 Å². The van der Waals surface area contributed by atoms with E-state index in [2.05, 4.69) is 21.0 Å². The zero-order valence-electron chi connectivity index (χ0n) is 14.4. The molecule has 0 spiro atoms. The number of carbonyl (C=O) groups is 2. The fourth-order valence-corrected chi connectivity index (χ4v) is 2.19. The number of hydrogen-bond acceptors (Lipinski definition) is 4. The number of benzene rings is 1. The number of hydrogen-bond donors (Lipinski definition) is 3. The van der Waals surface area contributed by atoms with Gasteiger partial charge in [0.1, 0.15) is 6.54 Å². The Morgan fingerprint density at radius 3 is 2.37 bits per heavy atom. The lowest BCUT2D eigenvalue weighted by atomic mass is 10.2. The molecule has 0 saturated carbocycles. The average Bonchev–Trinajstić information content (AvgIpc) is 3.04. The van der Waals surface area contributed by atoms with Crippen molar-refractivity contribution in [1.29, 1.82) is 0 Å². The fourth-order valence-electron chi connectivity index (χ4n) is 2.19. The Morgan fingerprint density at radius 1 is 0.963 bits per heavy atom. The van der Waals surface area contributed by atoms with E-state index in [0.717, 1.165) is 10.2 Å². The number of alkyl halides is 3. The van der Waals surface area contributed by atoms with Crippen molar-refractivity contribution in [3.05, 3.63) is 53.9 Å². The molecule has 0 aliphatic carbocycles. The number of carbonyl (C=O) groups excluding carboxylic acids is 2. The molecule has 0 radical (unpaired) electrons. The van der Waals surface area contributed by atoms with Crippen molar-refractivity contribution >= 4 is 11.8 Å². The van der Waals surface area contributed by atoms with E-state index < -0.39 is 18.6 Å². The zero-order chi connectivity index (χ0) is 19.7. The van der Waals surface area contributed by atoms with Gasteiger partial charge in [-0.25, -0.2) is 0 Å². The topological polar surface area (TPSA) is 88.1 Å². The summed E-state index contributed by atoms with van der Waals surface area (Å²) in [4.78, 5) is 23.4. The highest BCUT2D eigenvalue weighted by molar-refractivity contribution is 5.85. The number of nitrogens with one attached hydrogen (secondary N) is 3. The van der Waals surface area contributed by atoms with Gasteiger partial charge >= 0.3 is 6.18 Å². The number of aromatic nitrogens is 2. The summed E-state index contributed by atoms with van der Waals surface area (Å²) in [6.45, 7) is -0.833. The van der Waals surface area contributed by atoms with Gasteiger partial charge in [0.25, 0.3) is 0 Å². The first kappa shape index (κ1) is 20.4. The molecule has 146 valence electrons. The first-order valence-corrected chi connectivity index (χ1v) is 8.18. The van der Waals surface area contributed by atoms with E-state index in [0.29, 0.717) is 12.1 Å². The standard InChI is InChI=1S/C17H20F3N5O2/c18-17(19,20)12-25-11-14(8-24-25)6-21-9-15(26)23-10-16(27)22-7-13-4-2-1-3-5-13/h1-5,8,11,21H,6-7,9-10,12H2,(H,22,27)(H,23,26). The minimum Gasteiger partial charge on any atom is -0.350 e. The molecule has 0 aliphatic rings. The van der Waals surface area contributed by atoms with Crippen molar-refractivity contribution in [1.82, 2.24) is 25.7 Å². The molecule has 2 amide bonds. The molecule has 3 N–H and O–H groups in total. The van der Waals surface area contributed by atoms with Crippen LogP contribution in [-0.4, -0.2) is 40.9 Å². The van der Waals surface area contributed by atoms with Gasteiger partial charge in [0, 0.05) is 24.8 Å². The summed E-state index contributed by atoms with van der Waals surface area (Å²) >= 11 is 0. The van der Waals surface area contributed by atoms with E-state index in [1.54, 1.807) is 0 Å². The van der Waals surface area contributed by atoms with Gasteiger partial charge in [0.05, 0.1) is 19.3 Å². The van der Waals surface area contributed by atoms with Gasteiger partial charge in [-0.2, -0.15) is 18.3 Å². The van der Waals surface area contributed by atoms with Crippen molar-refractivity contribution in [3.8, 4) is 0 Å². The molecule has 27 heavy (non-hydrogen) atoms. The van der Waals surface area contributed by atoms with Gasteiger partial charge in [-0.3, -0.25) is 14.3 Å². The Kier molecular flexibility index (Phi) is 7.35. The molecule has 7 nitrogen and oxygen atoms in total. The first-order valence-electron chi connectivity index (χ1n) is 8.18. The van der Waals surface area contributed by atoms with Crippen LogP contribution >= 0.6 is 0 Å². The molecule has 2 aromatic rings. The van der Waals surface area contributed by atoms with Crippen LogP contribution in [0.15, 0.2) is 42.7 Å². The molecule has 2 rings (SSSR count). The number of rotatable bonds is 9. The molecule has 0 saturated heterocycles. The Labute approximate surface area is 153 Å². The monoisotopic (exact) mass is 383 g/mol. The van der Waals surface area contributed by atoms with Crippen LogP contribution < -0.4 is 16.0 Å². The minimum absolute atomic E-state index is 0.0730. The van der Waals surface area contributed by atoms with Crippen LogP contribution in [0, 0.1) is 0 Å². The van der Waals surface area contributed by atoms with Gasteiger partial charge in [-0.1, -0.05) is 30.3 Å². The van der Waals surface area contributed by atoms with E-state index in [1.807, 2.05) is 30.3 Å². The SMILES string of the molecule is O=C(CNCc1cnn(CC(F)(F)F)c1)NCC(=O)NCc1ccccc1. The summed E-state index contributed by atoms with van der Waals surface area (Å²) in [6.07, 6.45) is -1.78. The second kappa shape index (κ2) is 9.72. The predicted octanol–water partition coefficient (Wildman–Crippen LogP) is 0.968. The van der Waals surface area contributed by atoms with Gasteiger partial charge in [0.2, 0.25) is 11.8 Å². The van der Waals surface area contributed by atoms with E-state index in [-0.39, 0.29) is 25.5 Å². The van der Waals surface area contributed by atoms with Gasteiger partial charge in [-0.05, 0) is 5.56 Å². The maximum absolute atomic E-state index is 12.2. The van der Waals surface area contributed by atoms with Gasteiger partial charge in [-0.15, -0.1) is 0 Å². The van der Waals surface area contributed by atoms with Gasteiger partial charge in [0.15, 0.2) is 0 Å². The van der Waals surface area contributed by atoms with Crippen molar-refractivity contribution in [2.24, 2.45) is 0 Å². The molecular formula is C17H20F3N5O2. The quantitative estimate of drug-likeness (QED) is 0.602. The van der Waals surface area contributed by atoms with Crippen molar-refractivity contribution < 1.29 is 22.8 Å². The Balaban J connectivity index is 1.60. The van der Waals surface area contributed by atoms with E-state index in [9.17, 15) is 22.8 Å². The first-order chi connectivity index (χ1) is 12.8. The van der Waals surface area contributed by atoms with E-state index in [4.69, 9.17) is 0 Å². The zero-order valence-corrected chi connectivity index (χ0v) is 14.4. The molecule has 0 aliphatic heterocycles. The Bertz CT molecular complexity index is 747. The predicted molar refractivity (Wildman–Crippen MR) is 91.3 cm³/mol. The highest BCUT2D eigenvalue weighted by atomic mass is 19.4. The average molecular weight is 383 g/mol. The van der Waals surface area contributed by atoms with Crippen LogP contribution in [0.2, 0.25) is 0 Å². The molecule has 0 unspecified atom stereocenters. The highest BCUT2D eigenvalue weighted by Gasteiger charge is 2.28. The Hall–Kier alpha value is -2.88. The Morgan fingerprint density at radius 2 is 1.67 bits per heavy atom. The fraction of sp³-hybridized carbons (Fsp3) is 0.353. The number of amides is 2. The number of halogens is 3. The lowest BCUT2D eigenvalue weighted by Crippen LogP contribution is -2.40. The third-order valence-corrected chi connectivity index (χ3v) is 3.42. The molecule has 1 heterocycles. The minimum atomic E-state index is -4.34. The van der Waals surface area contributed by atoms with Crippen LogP contribution in [-0.2, 0) is 29.2 Å². The maximum atomic E-state index is 12.2. The van der Waals surface area contributed by atoms with Crippen molar-refractivity contribution in [3.63, 3.8) is 0 Å². The van der Waals surface area contributed by atoms with E-state index in [1.165, 1.54) is 12.4 Å². The smallest absolute Gasteiger partial charge is 0.350 e. The molecule has 1 aromatic carbocycles. The van der Waals surface area contributed by atoms with Crippen LogP contribution in [0.1, 0.15) is 11.1 Å². The van der Waals surface area contributed by atoms with Crippen molar-refractivity contribution in [2.45, 2.75) is 25.8 Å².